The first-order valence-corrected chi connectivity index (χ1v) is 7.26. The van der Waals surface area contributed by atoms with Gasteiger partial charge >= 0.3 is 0 Å². The summed E-state index contributed by atoms with van der Waals surface area (Å²) < 4.78 is 0. The molecule has 8 heteroatoms. The zero-order valence-corrected chi connectivity index (χ0v) is 12.5. The van der Waals surface area contributed by atoms with E-state index >= 15 is 0 Å². The Morgan fingerprint density at radius 3 is 2.70 bits per heavy atom. The lowest BCUT2D eigenvalue weighted by molar-refractivity contribution is -0.124. The molecule has 108 valence electrons. The molecule has 6 nitrogen and oxygen atoms in total. The summed E-state index contributed by atoms with van der Waals surface area (Å²) in [4.78, 5) is 21.9. The molecule has 1 aliphatic carbocycles. The van der Waals surface area contributed by atoms with Crippen LogP contribution >= 0.6 is 23.2 Å². The first kappa shape index (κ1) is 13.9. The van der Waals surface area contributed by atoms with E-state index in [0.717, 1.165) is 12.8 Å². The number of halogens is 2. The highest BCUT2D eigenvalue weighted by Gasteiger charge is 2.41. The molecule has 3 rings (SSSR count). The van der Waals surface area contributed by atoms with Crippen LogP contribution in [0.1, 0.15) is 19.8 Å². The third-order valence-electron chi connectivity index (χ3n) is 3.66. The highest BCUT2D eigenvalue weighted by atomic mass is 35.5. The molecule has 0 radical (unpaired) electrons. The number of rotatable bonds is 2. The van der Waals surface area contributed by atoms with E-state index in [-0.39, 0.29) is 17.2 Å². The summed E-state index contributed by atoms with van der Waals surface area (Å²) >= 11 is 12.6. The van der Waals surface area contributed by atoms with Crippen molar-refractivity contribution in [1.29, 1.82) is 0 Å². The molecule has 0 aromatic heterocycles. The van der Waals surface area contributed by atoms with Crippen LogP contribution in [0.15, 0.2) is 20.7 Å². The van der Waals surface area contributed by atoms with Gasteiger partial charge in [-0.25, -0.2) is 10.8 Å². The number of amides is 1. The summed E-state index contributed by atoms with van der Waals surface area (Å²) in [6.45, 7) is 2.54. The second-order valence-electron chi connectivity index (χ2n) is 5.12. The normalized spacial score (nSPS) is 26.9. The summed E-state index contributed by atoms with van der Waals surface area (Å²) in [7, 11) is 0. The molecule has 2 aliphatic heterocycles. The highest BCUT2D eigenvalue weighted by Crippen LogP contribution is 2.40. The van der Waals surface area contributed by atoms with Crippen LogP contribution in [0.2, 0.25) is 0 Å². The van der Waals surface area contributed by atoms with Crippen LogP contribution in [0.4, 0.5) is 0 Å². The van der Waals surface area contributed by atoms with Crippen molar-refractivity contribution in [1.82, 2.24) is 9.91 Å². The molecule has 2 N–H and O–H groups in total. The third kappa shape index (κ3) is 2.21. The monoisotopic (exact) mass is 315 g/mol. The molecule has 20 heavy (non-hydrogen) atoms. The van der Waals surface area contributed by atoms with Crippen molar-refractivity contribution in [3.8, 4) is 0 Å². The van der Waals surface area contributed by atoms with Crippen LogP contribution in [-0.2, 0) is 4.79 Å². The van der Waals surface area contributed by atoms with Gasteiger partial charge in [0, 0.05) is 19.4 Å². The van der Waals surface area contributed by atoms with Crippen LogP contribution in [0.5, 0.6) is 0 Å². The van der Waals surface area contributed by atoms with E-state index in [0.29, 0.717) is 35.6 Å². The maximum Gasteiger partial charge on any atom is 0.225 e. The third-order valence-corrected chi connectivity index (χ3v) is 4.33. The minimum Gasteiger partial charge on any atom is -0.295 e. The maximum atomic E-state index is 11.6. The molecule has 0 saturated heterocycles. The molecular weight excluding hydrogens is 301 g/mol. The van der Waals surface area contributed by atoms with Gasteiger partial charge in [-0.3, -0.25) is 19.7 Å². The number of carbonyl (C=O) groups is 1. The minimum absolute atomic E-state index is 0.101. The van der Waals surface area contributed by atoms with Crippen molar-refractivity contribution in [3.63, 3.8) is 0 Å². The number of aliphatic imine (C=N–C) groups is 2. The zero-order valence-electron chi connectivity index (χ0n) is 11.0. The van der Waals surface area contributed by atoms with Crippen LogP contribution in [0.3, 0.4) is 0 Å². The molecule has 1 amide bonds. The van der Waals surface area contributed by atoms with Crippen LogP contribution in [0.25, 0.3) is 0 Å². The van der Waals surface area contributed by atoms with Gasteiger partial charge in [0.25, 0.3) is 0 Å². The number of hydrazine groups is 1. The summed E-state index contributed by atoms with van der Waals surface area (Å²) in [6, 6.07) is 0. The van der Waals surface area contributed by atoms with E-state index in [4.69, 9.17) is 29.0 Å². The van der Waals surface area contributed by atoms with E-state index in [1.807, 2.05) is 0 Å². The highest BCUT2D eigenvalue weighted by molar-refractivity contribution is 6.73. The van der Waals surface area contributed by atoms with Crippen LogP contribution < -0.4 is 5.84 Å². The molecule has 3 aliphatic rings. The lowest BCUT2D eigenvalue weighted by Gasteiger charge is -2.32. The smallest absolute Gasteiger partial charge is 0.225 e. The zero-order chi connectivity index (χ0) is 14.4. The van der Waals surface area contributed by atoms with E-state index in [2.05, 4.69) is 9.98 Å². The standard InChI is InChI=1S/C12H15Cl2N5O/c1-6(20)18-5-4-16-12(18)8-9(13)17-11(7-2-3-7)19(15)10(8)14/h7,11H,2-5,15H2,1H3. The first-order chi connectivity index (χ1) is 9.50. The molecule has 1 fully saturated rings. The van der Waals surface area contributed by atoms with Gasteiger partial charge in [0.1, 0.15) is 22.3 Å². The number of hydrogen-bond acceptors (Lipinski definition) is 5. The molecule has 0 bridgehead atoms. The summed E-state index contributed by atoms with van der Waals surface area (Å²) in [5.41, 5.74) is 0.445. The number of nitrogens with two attached hydrogens (primary N) is 1. The minimum atomic E-state index is -0.216. The Morgan fingerprint density at radius 1 is 1.40 bits per heavy atom. The maximum absolute atomic E-state index is 11.6. The Hall–Kier alpha value is -1.11. The Labute approximate surface area is 126 Å². The van der Waals surface area contributed by atoms with Crippen molar-refractivity contribution in [3.05, 3.63) is 10.7 Å². The fraction of sp³-hybridized carbons (Fsp3) is 0.583. The average molecular weight is 316 g/mol. The van der Waals surface area contributed by atoms with Crippen molar-refractivity contribution in [2.75, 3.05) is 13.1 Å². The quantitative estimate of drug-likeness (QED) is 0.616. The Balaban J connectivity index is 1.96. The summed E-state index contributed by atoms with van der Waals surface area (Å²) in [5.74, 6) is 6.78. The summed E-state index contributed by atoms with van der Waals surface area (Å²) in [6.07, 6.45) is 1.93. The van der Waals surface area contributed by atoms with Crippen LogP contribution in [-0.4, -0.2) is 46.1 Å². The number of amidine groups is 1. The van der Waals surface area contributed by atoms with Crippen LogP contribution in [0, 0.1) is 5.92 Å². The van der Waals surface area contributed by atoms with Gasteiger partial charge in [-0.15, -0.1) is 0 Å². The molecular formula is C12H15Cl2N5O. The second kappa shape index (κ2) is 5.02. The van der Waals surface area contributed by atoms with Gasteiger partial charge in [0.05, 0.1) is 12.1 Å². The lowest BCUT2D eigenvalue weighted by Crippen LogP contribution is -2.45. The average Bonchev–Trinajstić information content (AvgIpc) is 3.12. The van der Waals surface area contributed by atoms with Crippen molar-refractivity contribution < 1.29 is 4.79 Å². The topological polar surface area (TPSA) is 74.3 Å². The van der Waals surface area contributed by atoms with E-state index in [1.165, 1.54) is 11.9 Å². The van der Waals surface area contributed by atoms with Crippen molar-refractivity contribution in [2.45, 2.75) is 25.9 Å². The lowest BCUT2D eigenvalue weighted by atomic mass is 10.2. The predicted molar refractivity (Wildman–Crippen MR) is 78.4 cm³/mol. The van der Waals surface area contributed by atoms with Gasteiger partial charge < -0.3 is 0 Å². The van der Waals surface area contributed by atoms with Gasteiger partial charge in [-0.2, -0.15) is 0 Å². The molecule has 1 unspecified atom stereocenters. The summed E-state index contributed by atoms with van der Waals surface area (Å²) in [5, 5.41) is 2.01. The van der Waals surface area contributed by atoms with Crippen molar-refractivity contribution in [2.24, 2.45) is 21.7 Å². The van der Waals surface area contributed by atoms with Crippen molar-refractivity contribution >= 4 is 40.1 Å². The van der Waals surface area contributed by atoms with Gasteiger partial charge in [-0.05, 0) is 12.8 Å². The SMILES string of the molecule is CC(=O)N1CCN=C1C1=C(Cl)N(N)C(C2CC2)N=C1Cl. The number of hydrogen-bond donors (Lipinski definition) is 1. The fourth-order valence-corrected chi connectivity index (χ4v) is 3.05. The number of nitrogens with zero attached hydrogens (tertiary/aromatic N) is 4. The Bertz CT molecular complexity index is 552. The van der Waals surface area contributed by atoms with Gasteiger partial charge in [0.15, 0.2) is 0 Å². The largest absolute Gasteiger partial charge is 0.295 e. The van der Waals surface area contributed by atoms with E-state index in [1.54, 1.807) is 4.90 Å². The molecule has 0 spiro atoms. The predicted octanol–water partition coefficient (Wildman–Crippen LogP) is 1.26. The fourth-order valence-electron chi connectivity index (χ4n) is 2.45. The molecule has 2 heterocycles. The molecule has 1 saturated carbocycles. The van der Waals surface area contributed by atoms with E-state index < -0.39 is 0 Å². The second-order valence-corrected chi connectivity index (χ2v) is 5.84. The Morgan fingerprint density at radius 2 is 2.10 bits per heavy atom. The molecule has 0 aromatic carbocycles. The number of carbonyl (C=O) groups excluding carboxylic acids is 1. The Kier molecular flexibility index (Phi) is 3.48. The first-order valence-electron chi connectivity index (χ1n) is 6.51. The van der Waals surface area contributed by atoms with E-state index in [9.17, 15) is 4.79 Å². The van der Waals surface area contributed by atoms with Gasteiger partial charge in [-0.1, -0.05) is 23.2 Å². The molecule has 1 atom stereocenters. The molecule has 0 aromatic rings. The van der Waals surface area contributed by atoms with Gasteiger partial charge in [0.2, 0.25) is 5.91 Å².